The highest BCUT2D eigenvalue weighted by molar-refractivity contribution is 5.80. The first kappa shape index (κ1) is 14.0. The topological polar surface area (TPSA) is 32.6 Å². The number of phenolic OH excluding ortho intramolecular Hbond substituents is 1. The number of rotatable bonds is 2. The zero-order chi connectivity index (χ0) is 14.9. The van der Waals surface area contributed by atoms with Crippen LogP contribution in [0.3, 0.4) is 0 Å². The zero-order valence-electron chi connectivity index (χ0n) is 13.2. The van der Waals surface area contributed by atoms with Gasteiger partial charge >= 0.3 is 0 Å². The molecular weight excluding hydrogens is 270 g/mol. The Balaban J connectivity index is 1.59. The molecule has 4 rings (SSSR count). The van der Waals surface area contributed by atoms with Crippen molar-refractivity contribution in [3.63, 3.8) is 0 Å². The molecule has 2 bridgehead atoms. The highest BCUT2D eigenvalue weighted by Crippen LogP contribution is 2.49. The van der Waals surface area contributed by atoms with E-state index in [9.17, 15) is 5.11 Å². The number of fused-ring (bicyclic) bond motifs is 3. The van der Waals surface area contributed by atoms with Crippen LogP contribution < -0.4 is 0 Å². The Bertz CT molecular complexity index is 599. The van der Waals surface area contributed by atoms with Gasteiger partial charge in [-0.3, -0.25) is 4.99 Å². The molecule has 1 aromatic rings. The van der Waals surface area contributed by atoms with Crippen LogP contribution in [0.15, 0.2) is 40.4 Å². The minimum atomic E-state index is 0.323. The highest BCUT2D eigenvalue weighted by atomic mass is 16.3. The lowest BCUT2D eigenvalue weighted by molar-refractivity contribution is 0.215. The molecule has 1 saturated carbocycles. The predicted molar refractivity (Wildman–Crippen MR) is 90.4 cm³/mol. The molecule has 2 nitrogen and oxygen atoms in total. The first-order valence-corrected chi connectivity index (χ1v) is 8.84. The van der Waals surface area contributed by atoms with Crippen molar-refractivity contribution >= 4 is 6.21 Å². The fourth-order valence-corrected chi connectivity index (χ4v) is 4.82. The third-order valence-corrected chi connectivity index (χ3v) is 5.86. The summed E-state index contributed by atoms with van der Waals surface area (Å²) in [6.07, 6.45) is 12.9. The normalized spacial score (nSPS) is 31.4. The van der Waals surface area contributed by atoms with Gasteiger partial charge in [-0.2, -0.15) is 0 Å². The van der Waals surface area contributed by atoms with E-state index < -0.39 is 0 Å². The second-order valence-electron chi connectivity index (χ2n) is 7.20. The van der Waals surface area contributed by atoms with Gasteiger partial charge in [-0.15, -0.1) is 0 Å². The maximum atomic E-state index is 9.38. The summed E-state index contributed by atoms with van der Waals surface area (Å²) in [6, 6.07) is 7.88. The molecule has 0 aliphatic heterocycles. The van der Waals surface area contributed by atoms with Gasteiger partial charge in [-0.1, -0.05) is 17.6 Å². The van der Waals surface area contributed by atoms with Crippen molar-refractivity contribution in [1.82, 2.24) is 0 Å². The largest absolute Gasteiger partial charge is 0.508 e. The Labute approximate surface area is 133 Å². The molecule has 3 unspecified atom stereocenters. The molecule has 2 heteroatoms. The molecule has 1 N–H and O–H groups in total. The quantitative estimate of drug-likeness (QED) is 0.612. The Morgan fingerprint density at radius 3 is 2.68 bits per heavy atom. The van der Waals surface area contributed by atoms with Crippen LogP contribution in [0.4, 0.5) is 0 Å². The molecule has 0 heterocycles. The van der Waals surface area contributed by atoms with Crippen molar-refractivity contribution < 1.29 is 5.11 Å². The van der Waals surface area contributed by atoms with Gasteiger partial charge in [0.15, 0.2) is 0 Å². The molecule has 3 aliphatic carbocycles. The molecule has 116 valence electrons. The lowest BCUT2D eigenvalue weighted by atomic mass is 9.63. The van der Waals surface area contributed by atoms with Crippen LogP contribution in [-0.4, -0.2) is 17.4 Å². The van der Waals surface area contributed by atoms with E-state index in [1.54, 1.807) is 23.3 Å². The Morgan fingerprint density at radius 1 is 1.00 bits per heavy atom. The van der Waals surface area contributed by atoms with Gasteiger partial charge in [-0.25, -0.2) is 0 Å². The van der Waals surface area contributed by atoms with Gasteiger partial charge in [0.25, 0.3) is 0 Å². The van der Waals surface area contributed by atoms with Crippen molar-refractivity contribution in [2.45, 2.75) is 57.4 Å². The number of benzene rings is 1. The molecule has 22 heavy (non-hydrogen) atoms. The van der Waals surface area contributed by atoms with Crippen molar-refractivity contribution in [2.75, 3.05) is 0 Å². The fourth-order valence-electron chi connectivity index (χ4n) is 4.82. The fraction of sp³-hybridized carbons (Fsp3) is 0.550. The number of aromatic hydroxyl groups is 1. The van der Waals surface area contributed by atoms with Gasteiger partial charge in [0.05, 0.1) is 6.04 Å². The molecule has 0 saturated heterocycles. The van der Waals surface area contributed by atoms with Crippen molar-refractivity contribution in [1.29, 1.82) is 0 Å². The maximum Gasteiger partial charge on any atom is 0.115 e. The van der Waals surface area contributed by atoms with Crippen LogP contribution in [-0.2, 0) is 0 Å². The van der Waals surface area contributed by atoms with Crippen LogP contribution in [0.25, 0.3) is 0 Å². The first-order chi connectivity index (χ1) is 10.8. The molecule has 0 aromatic heterocycles. The highest BCUT2D eigenvalue weighted by Gasteiger charge is 2.40. The molecule has 0 amide bonds. The van der Waals surface area contributed by atoms with E-state index in [-0.39, 0.29) is 0 Å². The van der Waals surface area contributed by atoms with E-state index in [4.69, 9.17) is 4.99 Å². The zero-order valence-corrected chi connectivity index (χ0v) is 13.2. The second-order valence-corrected chi connectivity index (χ2v) is 7.20. The molecule has 3 atom stereocenters. The summed E-state index contributed by atoms with van der Waals surface area (Å²) in [5.74, 6) is 1.81. The number of hydrogen-bond donors (Lipinski definition) is 1. The van der Waals surface area contributed by atoms with Crippen molar-refractivity contribution in [2.24, 2.45) is 16.8 Å². The number of aliphatic imine (C=N–C) groups is 1. The second kappa shape index (κ2) is 5.91. The van der Waals surface area contributed by atoms with E-state index in [2.05, 4.69) is 0 Å². The standard InChI is InChI=1S/C20H25NO/c22-17-10-8-14(9-11-17)13-21-20-16-5-3-7-19(20)18-6-2-1-4-15(18)12-16/h8-11,13,16,19-20,22H,1-7,12H2. The Hall–Kier alpha value is -1.57. The molecule has 1 aromatic carbocycles. The molecule has 1 fully saturated rings. The summed E-state index contributed by atoms with van der Waals surface area (Å²) >= 11 is 0. The van der Waals surface area contributed by atoms with Crippen LogP contribution in [0.1, 0.15) is 56.9 Å². The number of hydrogen-bond acceptors (Lipinski definition) is 2. The lowest BCUT2D eigenvalue weighted by Gasteiger charge is -2.44. The third kappa shape index (κ3) is 2.60. The monoisotopic (exact) mass is 295 g/mol. The minimum absolute atomic E-state index is 0.323. The van der Waals surface area contributed by atoms with Gasteiger partial charge in [0.2, 0.25) is 0 Å². The van der Waals surface area contributed by atoms with Crippen LogP contribution in [0, 0.1) is 11.8 Å². The molecule has 0 spiro atoms. The number of allylic oxidation sites excluding steroid dienone is 1. The van der Waals surface area contributed by atoms with Crippen LogP contribution in [0.5, 0.6) is 5.75 Å². The summed E-state index contributed by atoms with van der Waals surface area (Å²) in [5, 5.41) is 9.38. The summed E-state index contributed by atoms with van der Waals surface area (Å²) in [6.45, 7) is 0. The third-order valence-electron chi connectivity index (χ3n) is 5.86. The number of nitrogens with zero attached hydrogens (tertiary/aromatic N) is 1. The first-order valence-electron chi connectivity index (χ1n) is 8.84. The summed E-state index contributed by atoms with van der Waals surface area (Å²) in [5.41, 5.74) is 4.69. The van der Waals surface area contributed by atoms with Crippen LogP contribution in [0.2, 0.25) is 0 Å². The summed E-state index contributed by atoms with van der Waals surface area (Å²) in [4.78, 5) is 5.02. The van der Waals surface area contributed by atoms with Gasteiger partial charge in [-0.05, 0) is 80.7 Å². The average Bonchev–Trinajstić information content (AvgIpc) is 2.54. The molecule has 0 radical (unpaired) electrons. The minimum Gasteiger partial charge on any atom is -0.508 e. The number of phenols is 1. The molecule has 3 aliphatic rings. The van der Waals surface area contributed by atoms with E-state index in [0.29, 0.717) is 11.8 Å². The smallest absolute Gasteiger partial charge is 0.115 e. The predicted octanol–water partition coefficient (Wildman–Crippen LogP) is 4.87. The van der Waals surface area contributed by atoms with E-state index >= 15 is 0 Å². The van der Waals surface area contributed by atoms with E-state index in [0.717, 1.165) is 17.4 Å². The Kier molecular flexibility index (Phi) is 3.77. The van der Waals surface area contributed by atoms with Crippen molar-refractivity contribution in [3.05, 3.63) is 41.0 Å². The van der Waals surface area contributed by atoms with Crippen LogP contribution >= 0.6 is 0 Å². The van der Waals surface area contributed by atoms with Crippen molar-refractivity contribution in [3.8, 4) is 5.75 Å². The average molecular weight is 295 g/mol. The van der Waals surface area contributed by atoms with Gasteiger partial charge in [0.1, 0.15) is 5.75 Å². The van der Waals surface area contributed by atoms with Gasteiger partial charge in [0, 0.05) is 12.1 Å². The SMILES string of the molecule is Oc1ccc(C=NC2C3CCCC2C2=C(CCCC2)C3)cc1. The van der Waals surface area contributed by atoms with E-state index in [1.807, 2.05) is 18.3 Å². The molecular formula is C20H25NO. The summed E-state index contributed by atoms with van der Waals surface area (Å²) < 4.78 is 0. The lowest BCUT2D eigenvalue weighted by Crippen LogP contribution is -2.38. The Morgan fingerprint density at radius 2 is 1.82 bits per heavy atom. The van der Waals surface area contributed by atoms with E-state index in [1.165, 1.54) is 51.4 Å². The summed E-state index contributed by atoms with van der Waals surface area (Å²) in [7, 11) is 0. The maximum absolute atomic E-state index is 9.38. The van der Waals surface area contributed by atoms with Gasteiger partial charge < -0.3 is 5.11 Å².